The molecule has 5 rings (SSSR count). The number of nitrogens with one attached hydrogen (secondary N) is 2. The summed E-state index contributed by atoms with van der Waals surface area (Å²) >= 11 is 3.23. The molecule has 1 saturated heterocycles. The fraction of sp³-hybridized carbons (Fsp3) is 0.429. The predicted octanol–water partition coefficient (Wildman–Crippen LogP) is 3.56. The predicted molar refractivity (Wildman–Crippen MR) is 123 cm³/mol. The second-order valence-corrected chi connectivity index (χ2v) is 9.88. The van der Waals surface area contributed by atoms with Crippen molar-refractivity contribution in [3.8, 4) is 6.07 Å². The van der Waals surface area contributed by atoms with Gasteiger partial charge in [0.25, 0.3) is 0 Å². The first-order valence-electron chi connectivity index (χ1n) is 10.4. The van der Waals surface area contributed by atoms with E-state index in [9.17, 15) is 9.65 Å². The first-order chi connectivity index (χ1) is 15.1. The van der Waals surface area contributed by atoms with Crippen LogP contribution in [-0.2, 0) is 6.42 Å². The van der Waals surface area contributed by atoms with E-state index in [4.69, 9.17) is 4.98 Å². The van der Waals surface area contributed by atoms with E-state index in [1.165, 1.54) is 36.7 Å². The molecule has 0 aliphatic carbocycles. The number of imidazole rings is 1. The molecule has 0 amide bonds. The number of fused-ring (bicyclic) bond motifs is 1. The number of hydrogen-bond acceptors (Lipinski definition) is 8. The number of rotatable bonds is 5. The maximum atomic E-state index is 13.4. The van der Waals surface area contributed by atoms with E-state index in [0.29, 0.717) is 4.91 Å². The van der Waals surface area contributed by atoms with Gasteiger partial charge in [-0.05, 0) is 60.9 Å². The van der Waals surface area contributed by atoms with Crippen LogP contribution in [0.1, 0.15) is 31.0 Å². The molecule has 2 unspecified atom stereocenters. The number of aryl methyl sites for hydroxylation is 1. The Morgan fingerprint density at radius 3 is 2.68 bits per heavy atom. The third kappa shape index (κ3) is 3.64. The molecule has 3 aliphatic heterocycles. The zero-order valence-corrected chi connectivity index (χ0v) is 19.1. The lowest BCUT2D eigenvalue weighted by molar-refractivity contribution is 0.329. The molecule has 1 fully saturated rings. The molecule has 0 radical (unpaired) electrons. The first-order valence-corrected chi connectivity index (χ1v) is 12.2. The van der Waals surface area contributed by atoms with Gasteiger partial charge >= 0.3 is 0 Å². The van der Waals surface area contributed by atoms with Crippen molar-refractivity contribution in [2.45, 2.75) is 42.3 Å². The topological polar surface area (TPSA) is 72.1 Å². The summed E-state index contributed by atoms with van der Waals surface area (Å²) in [4.78, 5) is 10.1. The Balaban J connectivity index is 1.40. The second kappa shape index (κ2) is 8.30. The Morgan fingerprint density at radius 1 is 1.26 bits per heavy atom. The summed E-state index contributed by atoms with van der Waals surface area (Å²) in [5.74, 6) is 0.718. The monoisotopic (exact) mass is 457 g/mol. The Bertz CT molecular complexity index is 1050. The minimum Gasteiger partial charge on any atom is -0.354 e. The highest BCUT2D eigenvalue weighted by molar-refractivity contribution is 8.04. The lowest BCUT2D eigenvalue weighted by Crippen LogP contribution is -2.41. The molecule has 1 aromatic carbocycles. The van der Waals surface area contributed by atoms with E-state index >= 15 is 0 Å². The molecule has 162 valence electrons. The summed E-state index contributed by atoms with van der Waals surface area (Å²) in [6.07, 6.45) is 3.30. The summed E-state index contributed by atoms with van der Waals surface area (Å²) in [6, 6.07) is 8.52. The smallest absolute Gasteiger partial charge is 0.192 e. The minimum atomic E-state index is -0.291. The molecule has 0 bridgehead atoms. The first kappa shape index (κ1) is 20.5. The number of nitrogens with zero attached hydrogens (tertiary/aromatic N) is 5. The van der Waals surface area contributed by atoms with Crippen LogP contribution < -0.4 is 15.6 Å². The van der Waals surface area contributed by atoms with E-state index in [0.717, 1.165) is 47.4 Å². The van der Waals surface area contributed by atoms with Crippen LogP contribution in [0, 0.1) is 17.1 Å². The highest BCUT2D eigenvalue weighted by Gasteiger charge is 2.37. The average Bonchev–Trinajstić information content (AvgIpc) is 3.55. The molecule has 2 aromatic rings. The number of halogens is 1. The van der Waals surface area contributed by atoms with Gasteiger partial charge in [0.2, 0.25) is 0 Å². The van der Waals surface area contributed by atoms with Crippen LogP contribution in [0.15, 0.2) is 34.3 Å². The lowest BCUT2D eigenvalue weighted by Gasteiger charge is -2.29. The van der Waals surface area contributed by atoms with Crippen LogP contribution in [-0.4, -0.2) is 45.7 Å². The molecule has 7 nitrogen and oxygen atoms in total. The van der Waals surface area contributed by atoms with E-state index in [1.54, 1.807) is 23.9 Å². The maximum Gasteiger partial charge on any atom is 0.192 e. The van der Waals surface area contributed by atoms with Gasteiger partial charge in [-0.15, -0.1) is 0 Å². The van der Waals surface area contributed by atoms with Crippen molar-refractivity contribution >= 4 is 35.0 Å². The van der Waals surface area contributed by atoms with Crippen LogP contribution in [0.3, 0.4) is 0 Å². The van der Waals surface area contributed by atoms with E-state index in [-0.39, 0.29) is 16.8 Å². The standard InChI is InChI=1S/C21H24FN7S2/c1-3-15-18(29-20(24-15)31-21(26-29)28-10-4-5-11-28)27(2)19-25-17(16(12-23)30-19)13-6-8-14(22)9-7-13/h6-9,19,21,25-26H,3-5,10-11H2,1-2H3. The largest absolute Gasteiger partial charge is 0.354 e. The number of nitriles is 1. The Labute approximate surface area is 189 Å². The van der Waals surface area contributed by atoms with Gasteiger partial charge in [-0.2, -0.15) is 5.26 Å². The van der Waals surface area contributed by atoms with Crippen molar-refractivity contribution in [1.82, 2.24) is 19.9 Å². The van der Waals surface area contributed by atoms with Crippen molar-refractivity contribution in [3.05, 3.63) is 46.2 Å². The molecule has 31 heavy (non-hydrogen) atoms. The van der Waals surface area contributed by atoms with E-state index in [2.05, 4.69) is 38.2 Å². The quantitative estimate of drug-likeness (QED) is 0.706. The molecular formula is C21H24FN7S2. The van der Waals surface area contributed by atoms with Gasteiger partial charge in [-0.25, -0.2) is 14.1 Å². The molecule has 4 heterocycles. The zero-order valence-electron chi connectivity index (χ0n) is 17.4. The zero-order chi connectivity index (χ0) is 21.5. The highest BCUT2D eigenvalue weighted by Crippen LogP contribution is 2.41. The van der Waals surface area contributed by atoms with Crippen LogP contribution in [0.2, 0.25) is 0 Å². The summed E-state index contributed by atoms with van der Waals surface area (Å²) in [6.45, 7) is 4.33. The number of benzene rings is 1. The highest BCUT2D eigenvalue weighted by atomic mass is 32.2. The fourth-order valence-electron chi connectivity index (χ4n) is 4.19. The van der Waals surface area contributed by atoms with Crippen molar-refractivity contribution in [1.29, 1.82) is 5.26 Å². The van der Waals surface area contributed by atoms with Gasteiger partial charge in [0, 0.05) is 20.1 Å². The van der Waals surface area contributed by atoms with Gasteiger partial charge in [-0.1, -0.05) is 18.7 Å². The molecule has 10 heteroatoms. The number of thioether (sulfide) groups is 2. The molecule has 0 spiro atoms. The van der Waals surface area contributed by atoms with Crippen molar-refractivity contribution in [2.75, 3.05) is 30.5 Å². The fourth-order valence-corrected chi connectivity index (χ4v) is 6.32. The third-order valence-corrected chi connectivity index (χ3v) is 8.10. The van der Waals surface area contributed by atoms with Crippen molar-refractivity contribution < 1.29 is 4.39 Å². The van der Waals surface area contributed by atoms with Crippen molar-refractivity contribution in [3.63, 3.8) is 0 Å². The van der Waals surface area contributed by atoms with Gasteiger partial charge in [-0.3, -0.25) is 10.3 Å². The lowest BCUT2D eigenvalue weighted by atomic mass is 10.1. The Hall–Kier alpha value is -2.35. The molecule has 0 saturated carbocycles. The van der Waals surface area contributed by atoms with Gasteiger partial charge < -0.3 is 10.2 Å². The normalized spacial score (nSPS) is 22.9. The second-order valence-electron chi connectivity index (χ2n) is 7.74. The van der Waals surface area contributed by atoms with Crippen LogP contribution in [0.25, 0.3) is 5.70 Å². The van der Waals surface area contributed by atoms with Crippen LogP contribution >= 0.6 is 23.5 Å². The van der Waals surface area contributed by atoms with Crippen LogP contribution in [0.4, 0.5) is 10.2 Å². The summed E-state index contributed by atoms with van der Waals surface area (Å²) in [5, 5.41) is 14.1. The van der Waals surface area contributed by atoms with E-state index < -0.39 is 0 Å². The number of aromatic nitrogens is 2. The SMILES string of the molecule is CCc1nc2n(c1N(C)C1NC(c3ccc(F)cc3)=C(C#N)S1)NC(N1CCCC1)S2. The molecule has 2 N–H and O–H groups in total. The summed E-state index contributed by atoms with van der Waals surface area (Å²) < 4.78 is 15.5. The Morgan fingerprint density at radius 2 is 2.00 bits per heavy atom. The number of anilines is 1. The van der Waals surface area contributed by atoms with Gasteiger partial charge in [0.1, 0.15) is 22.3 Å². The molecule has 1 aromatic heterocycles. The third-order valence-electron chi connectivity index (χ3n) is 5.80. The molecule has 2 atom stereocenters. The van der Waals surface area contributed by atoms with Crippen LogP contribution in [0.5, 0.6) is 0 Å². The van der Waals surface area contributed by atoms with Crippen molar-refractivity contribution in [2.24, 2.45) is 0 Å². The number of allylic oxidation sites excluding steroid dienone is 1. The molecule has 3 aliphatic rings. The summed E-state index contributed by atoms with van der Waals surface area (Å²) in [5.41, 5.74) is 6.22. The van der Waals surface area contributed by atoms with Gasteiger partial charge in [0.15, 0.2) is 16.5 Å². The Kier molecular flexibility index (Phi) is 5.50. The average molecular weight is 458 g/mol. The summed E-state index contributed by atoms with van der Waals surface area (Å²) in [7, 11) is 2.02. The number of hydrogen-bond donors (Lipinski definition) is 2. The molecular weight excluding hydrogens is 433 g/mol. The minimum absolute atomic E-state index is 0.168. The van der Waals surface area contributed by atoms with E-state index in [1.807, 2.05) is 7.05 Å². The van der Waals surface area contributed by atoms with Gasteiger partial charge in [0.05, 0.1) is 11.4 Å². The maximum absolute atomic E-state index is 13.4. The number of likely N-dealkylation sites (tertiary alicyclic amines) is 1.